The Morgan fingerprint density at radius 1 is 1.09 bits per heavy atom. The van der Waals surface area contributed by atoms with Crippen LogP contribution in [0, 0.1) is 5.92 Å². The summed E-state index contributed by atoms with van der Waals surface area (Å²) in [5.74, 6) is -0.547. The van der Waals surface area contributed by atoms with Gasteiger partial charge in [0.2, 0.25) is 0 Å². The molecule has 10 nitrogen and oxygen atoms in total. The molecule has 4 N–H and O–H groups in total. The second-order valence-corrected chi connectivity index (χ2v) is 8.21. The molecule has 1 heterocycles. The van der Waals surface area contributed by atoms with Gasteiger partial charge in [-0.3, -0.25) is 18.9 Å². The zero-order valence-corrected chi connectivity index (χ0v) is 18.2. The molecule has 0 radical (unpaired) electrons. The summed E-state index contributed by atoms with van der Waals surface area (Å²) >= 11 is -2.57. The van der Waals surface area contributed by atoms with Crippen LogP contribution in [0.2, 0.25) is 0 Å². The van der Waals surface area contributed by atoms with Gasteiger partial charge in [-0.2, -0.15) is 0 Å². The molecule has 0 aliphatic carbocycles. The van der Waals surface area contributed by atoms with Crippen LogP contribution in [0.25, 0.3) is 11.1 Å². The number of hydrogen-bond acceptors (Lipinski definition) is 5. The van der Waals surface area contributed by atoms with Crippen LogP contribution in [0.4, 0.5) is 10.5 Å². The van der Waals surface area contributed by atoms with Gasteiger partial charge in [0.15, 0.2) is 0 Å². The number of nitrogens with zero attached hydrogens (tertiary/aromatic N) is 2. The van der Waals surface area contributed by atoms with E-state index in [4.69, 9.17) is 9.84 Å². The molecule has 1 aliphatic rings. The summed E-state index contributed by atoms with van der Waals surface area (Å²) in [4.78, 5) is 24.9. The van der Waals surface area contributed by atoms with E-state index in [1.807, 2.05) is 24.3 Å². The molecule has 0 spiro atoms. The third-order valence-corrected chi connectivity index (χ3v) is 6.38. The summed E-state index contributed by atoms with van der Waals surface area (Å²) in [5.41, 5.74) is 3.67. The Balaban J connectivity index is 1.87. The van der Waals surface area contributed by atoms with Crippen LogP contribution in [0.15, 0.2) is 48.5 Å². The fraction of sp³-hybridized carbons (Fsp3) is 0.333. The number of amides is 2. The fourth-order valence-corrected chi connectivity index (χ4v) is 4.68. The zero-order chi connectivity index (χ0) is 23.3. The first-order chi connectivity index (χ1) is 15.3. The van der Waals surface area contributed by atoms with Gasteiger partial charge in [-0.05, 0) is 54.2 Å². The van der Waals surface area contributed by atoms with Crippen LogP contribution in [-0.2, 0) is 16.1 Å². The summed E-state index contributed by atoms with van der Waals surface area (Å²) in [6.45, 7) is 0.384. The average molecular weight is 464 g/mol. The van der Waals surface area contributed by atoms with Gasteiger partial charge in [0.1, 0.15) is 11.8 Å². The molecule has 0 bridgehead atoms. The van der Waals surface area contributed by atoms with Gasteiger partial charge >= 0.3 is 6.09 Å². The molecular formula is C21H25N3O7S. The number of carboxylic acid groups (broad SMARTS) is 1. The van der Waals surface area contributed by atoms with E-state index < -0.39 is 35.2 Å². The van der Waals surface area contributed by atoms with Crippen molar-refractivity contribution in [2.45, 2.75) is 18.9 Å². The number of carbonyl (C=O) groups excluding carboxylic acids is 1. The molecule has 2 unspecified atom stereocenters. The lowest BCUT2D eigenvalue weighted by atomic mass is 9.88. The predicted molar refractivity (Wildman–Crippen MR) is 118 cm³/mol. The average Bonchev–Trinajstić information content (AvgIpc) is 2.82. The highest BCUT2D eigenvalue weighted by molar-refractivity contribution is 7.80. The largest absolute Gasteiger partial charge is 0.497 e. The Morgan fingerprint density at radius 3 is 2.06 bits per heavy atom. The van der Waals surface area contributed by atoms with Gasteiger partial charge in [0.25, 0.3) is 17.2 Å². The predicted octanol–water partition coefficient (Wildman–Crippen LogP) is 2.57. The molecule has 32 heavy (non-hydrogen) atoms. The number of hydrogen-bond donors (Lipinski definition) is 4. The first-order valence-corrected chi connectivity index (χ1v) is 11.0. The van der Waals surface area contributed by atoms with Crippen LogP contribution in [0.5, 0.6) is 5.75 Å². The summed E-state index contributed by atoms with van der Waals surface area (Å²) in [5, 5.41) is 18.4. The maximum absolute atomic E-state index is 12.5. The van der Waals surface area contributed by atoms with Gasteiger partial charge < -0.3 is 14.7 Å². The number of benzene rings is 2. The number of likely N-dealkylation sites (tertiary alicyclic amines) is 1. The molecule has 0 saturated carbocycles. The summed E-state index contributed by atoms with van der Waals surface area (Å²) in [6, 6.07) is 13.0. The highest BCUT2D eigenvalue weighted by Gasteiger charge is 2.39. The van der Waals surface area contributed by atoms with Crippen molar-refractivity contribution in [2.75, 3.05) is 24.5 Å². The van der Waals surface area contributed by atoms with Crippen molar-refractivity contribution in [3.8, 4) is 16.9 Å². The molecule has 11 heteroatoms. The third-order valence-electron chi connectivity index (χ3n) is 5.60. The normalized spacial score (nSPS) is 16.2. The Hall–Kier alpha value is -3.15. The second kappa shape index (κ2) is 10.4. The van der Waals surface area contributed by atoms with Crippen LogP contribution in [0.1, 0.15) is 12.8 Å². The van der Waals surface area contributed by atoms with E-state index in [-0.39, 0.29) is 13.1 Å². The monoisotopic (exact) mass is 463 g/mol. The van der Waals surface area contributed by atoms with Crippen molar-refractivity contribution in [1.82, 2.24) is 10.4 Å². The van der Waals surface area contributed by atoms with E-state index in [0.717, 1.165) is 21.2 Å². The number of anilines is 1. The number of hydroxylamine groups is 1. The molecular weight excluding hydrogens is 438 g/mol. The molecule has 2 amide bonds. The first-order valence-electron chi connectivity index (χ1n) is 9.92. The lowest BCUT2D eigenvalue weighted by Crippen LogP contribution is -2.54. The second-order valence-electron chi connectivity index (χ2n) is 7.36. The van der Waals surface area contributed by atoms with Gasteiger partial charge in [-0.15, -0.1) is 0 Å². The topological polar surface area (TPSA) is 140 Å². The minimum atomic E-state index is -2.57. The van der Waals surface area contributed by atoms with E-state index in [0.29, 0.717) is 18.5 Å². The Kier molecular flexibility index (Phi) is 7.67. The highest BCUT2D eigenvalue weighted by Crippen LogP contribution is 2.31. The van der Waals surface area contributed by atoms with Gasteiger partial charge in [-0.1, -0.05) is 24.3 Å². The molecule has 3 rings (SSSR count). The molecule has 0 aromatic heterocycles. The van der Waals surface area contributed by atoms with E-state index >= 15 is 0 Å². The molecule has 2 aromatic carbocycles. The summed E-state index contributed by atoms with van der Waals surface area (Å²) in [7, 11) is 1.58. The van der Waals surface area contributed by atoms with Crippen molar-refractivity contribution in [3.05, 3.63) is 48.5 Å². The Morgan fingerprint density at radius 2 is 1.62 bits per heavy atom. The standard InChI is InChI=1S/C21H25N3O7S/c1-31-18-8-4-15(5-9-18)14-2-6-17(7-3-14)24(32(29)30)19(20(25)22-28)16-10-12-23(13-11-16)21(26)27/h2-9,16,19,28H,10-13H2,1H3,(H,22,25)(H,26,27)(H,29,30). The highest BCUT2D eigenvalue weighted by atomic mass is 32.2. The number of nitrogens with one attached hydrogen (secondary N) is 1. The molecule has 1 aliphatic heterocycles. The maximum Gasteiger partial charge on any atom is 0.407 e. The Bertz CT molecular complexity index is 960. The lowest BCUT2D eigenvalue weighted by Gasteiger charge is -2.38. The smallest absolute Gasteiger partial charge is 0.407 e. The van der Waals surface area contributed by atoms with Crippen molar-refractivity contribution in [3.63, 3.8) is 0 Å². The van der Waals surface area contributed by atoms with Crippen LogP contribution in [0.3, 0.4) is 0 Å². The number of rotatable bonds is 7. The van der Waals surface area contributed by atoms with E-state index in [2.05, 4.69) is 0 Å². The van der Waals surface area contributed by atoms with E-state index in [9.17, 15) is 23.6 Å². The van der Waals surface area contributed by atoms with Crippen molar-refractivity contribution in [2.24, 2.45) is 5.92 Å². The lowest BCUT2D eigenvalue weighted by molar-refractivity contribution is -0.131. The fourth-order valence-electron chi connectivity index (χ4n) is 3.92. The van der Waals surface area contributed by atoms with Crippen molar-refractivity contribution < 1.29 is 33.4 Å². The van der Waals surface area contributed by atoms with Gasteiger partial charge in [-0.25, -0.2) is 14.5 Å². The van der Waals surface area contributed by atoms with Crippen LogP contribution in [-0.4, -0.2) is 62.2 Å². The molecule has 2 atom stereocenters. The third kappa shape index (κ3) is 5.18. The number of ether oxygens (including phenoxy) is 1. The quantitative estimate of drug-likeness (QED) is 0.281. The maximum atomic E-state index is 12.5. The number of carbonyl (C=O) groups is 2. The van der Waals surface area contributed by atoms with Crippen LogP contribution >= 0.6 is 0 Å². The Labute approximate surface area is 187 Å². The van der Waals surface area contributed by atoms with E-state index in [1.54, 1.807) is 36.9 Å². The molecule has 1 fully saturated rings. The molecule has 1 saturated heterocycles. The minimum absolute atomic E-state index is 0.192. The van der Waals surface area contributed by atoms with Gasteiger partial charge in [0.05, 0.1) is 12.8 Å². The minimum Gasteiger partial charge on any atom is -0.497 e. The number of methoxy groups -OCH3 is 1. The summed E-state index contributed by atoms with van der Waals surface area (Å²) < 4.78 is 28.5. The SMILES string of the molecule is COc1ccc(-c2ccc(N(C(C(=O)NO)C3CCN(C(=O)O)CC3)S(=O)O)cc2)cc1. The zero-order valence-electron chi connectivity index (χ0n) is 17.4. The van der Waals surface area contributed by atoms with Gasteiger partial charge in [0, 0.05) is 13.1 Å². The van der Waals surface area contributed by atoms with Crippen molar-refractivity contribution in [1.29, 1.82) is 0 Å². The van der Waals surface area contributed by atoms with Crippen molar-refractivity contribution >= 4 is 29.0 Å². The molecule has 172 valence electrons. The van der Waals surface area contributed by atoms with E-state index in [1.165, 1.54) is 4.90 Å². The summed E-state index contributed by atoms with van der Waals surface area (Å²) in [6.07, 6.45) is -0.437. The number of piperidine rings is 1. The van der Waals surface area contributed by atoms with Crippen LogP contribution < -0.4 is 14.5 Å². The first kappa shape index (κ1) is 23.5. The molecule has 2 aromatic rings.